The molecule has 1 aromatic carbocycles. The summed E-state index contributed by atoms with van der Waals surface area (Å²) in [6, 6.07) is 5.93. The van der Waals surface area contributed by atoms with Gasteiger partial charge in [-0.3, -0.25) is 4.79 Å². The van der Waals surface area contributed by atoms with E-state index in [1.165, 1.54) is 11.8 Å². The lowest BCUT2D eigenvalue weighted by molar-refractivity contribution is -0.122. The van der Waals surface area contributed by atoms with Crippen molar-refractivity contribution in [2.45, 2.75) is 22.5 Å². The predicted octanol–water partition coefficient (Wildman–Crippen LogP) is -0.0734. The van der Waals surface area contributed by atoms with Gasteiger partial charge in [0.15, 0.2) is 5.16 Å². The Morgan fingerprint density at radius 3 is 3.00 bits per heavy atom. The lowest BCUT2D eigenvalue weighted by Crippen LogP contribution is -2.50. The van der Waals surface area contributed by atoms with Crippen LogP contribution in [0.5, 0.6) is 0 Å². The van der Waals surface area contributed by atoms with Crippen molar-refractivity contribution in [3.63, 3.8) is 0 Å². The molecule has 0 saturated carbocycles. The van der Waals surface area contributed by atoms with Gasteiger partial charge in [-0.2, -0.15) is 4.72 Å². The van der Waals surface area contributed by atoms with E-state index in [2.05, 4.69) is 20.2 Å². The Hall–Kier alpha value is -1.91. The largest absolute Gasteiger partial charge is 0.354 e. The summed E-state index contributed by atoms with van der Waals surface area (Å²) < 4.78 is 28.6. The molecule has 24 heavy (non-hydrogen) atoms. The van der Waals surface area contributed by atoms with E-state index in [9.17, 15) is 13.2 Å². The van der Waals surface area contributed by atoms with E-state index in [1.54, 1.807) is 35.2 Å². The fraction of sp³-hybridized carbons (Fsp3) is 0.357. The van der Waals surface area contributed by atoms with E-state index in [1.807, 2.05) is 7.05 Å². The number of thioether (sulfide) groups is 1. The molecule has 0 spiro atoms. The van der Waals surface area contributed by atoms with Gasteiger partial charge >= 0.3 is 0 Å². The molecule has 3 rings (SSSR count). The fourth-order valence-electron chi connectivity index (χ4n) is 2.44. The number of nitrogens with one attached hydrogen (secondary N) is 2. The SMILES string of the molecule is Cn1cnnc1SCCNC(=O)[C@H]1Cc2ccccc2S(=O)(=O)N1. The Kier molecular flexibility index (Phi) is 4.88. The number of nitrogens with zero attached hydrogens (tertiary/aromatic N) is 3. The van der Waals surface area contributed by atoms with Gasteiger partial charge in [-0.05, 0) is 18.1 Å². The summed E-state index contributed by atoms with van der Waals surface area (Å²) in [5.74, 6) is 0.292. The zero-order valence-corrected chi connectivity index (χ0v) is 14.6. The van der Waals surface area contributed by atoms with Crippen LogP contribution in [0.25, 0.3) is 0 Å². The molecule has 2 N–H and O–H groups in total. The second kappa shape index (κ2) is 6.91. The van der Waals surface area contributed by atoms with Crippen molar-refractivity contribution in [1.29, 1.82) is 0 Å². The van der Waals surface area contributed by atoms with Crippen molar-refractivity contribution < 1.29 is 13.2 Å². The molecular weight excluding hydrogens is 350 g/mol. The number of fused-ring (bicyclic) bond motifs is 1. The first-order valence-corrected chi connectivity index (χ1v) is 9.79. The molecular formula is C14H17N5O3S2. The molecule has 8 nitrogen and oxygen atoms in total. The number of aromatic nitrogens is 3. The molecule has 0 fully saturated rings. The molecule has 1 aliphatic heterocycles. The monoisotopic (exact) mass is 367 g/mol. The predicted molar refractivity (Wildman–Crippen MR) is 89.0 cm³/mol. The van der Waals surface area contributed by atoms with Gasteiger partial charge in [0.1, 0.15) is 12.4 Å². The highest BCUT2D eigenvalue weighted by Crippen LogP contribution is 2.22. The van der Waals surface area contributed by atoms with Crippen molar-refractivity contribution >= 4 is 27.7 Å². The maximum atomic E-state index is 12.2. The van der Waals surface area contributed by atoms with E-state index in [-0.39, 0.29) is 10.8 Å². The van der Waals surface area contributed by atoms with Crippen LogP contribution in [0.2, 0.25) is 0 Å². The minimum Gasteiger partial charge on any atom is -0.354 e. The van der Waals surface area contributed by atoms with Gasteiger partial charge < -0.3 is 9.88 Å². The summed E-state index contributed by atoms with van der Waals surface area (Å²) in [4.78, 5) is 12.5. The maximum absolute atomic E-state index is 12.2. The van der Waals surface area contributed by atoms with Gasteiger partial charge in [0.05, 0.1) is 4.90 Å². The third-order valence-corrected chi connectivity index (χ3v) is 6.21. The van der Waals surface area contributed by atoms with Crippen molar-refractivity contribution in [3.05, 3.63) is 36.2 Å². The molecule has 1 aliphatic rings. The zero-order valence-electron chi connectivity index (χ0n) is 13.0. The number of sulfonamides is 1. The highest BCUT2D eigenvalue weighted by atomic mass is 32.2. The second-order valence-corrected chi connectivity index (χ2v) is 8.09. The van der Waals surface area contributed by atoms with Crippen LogP contribution in [0.15, 0.2) is 40.6 Å². The maximum Gasteiger partial charge on any atom is 0.241 e. The zero-order chi connectivity index (χ0) is 17.2. The number of hydrogen-bond acceptors (Lipinski definition) is 6. The summed E-state index contributed by atoms with van der Waals surface area (Å²) in [5, 5.41) is 11.2. The third kappa shape index (κ3) is 3.60. The van der Waals surface area contributed by atoms with Crippen molar-refractivity contribution in [2.75, 3.05) is 12.3 Å². The Balaban J connectivity index is 1.56. The third-order valence-electron chi connectivity index (χ3n) is 3.60. The standard InChI is InChI=1S/C14H17N5O3S2/c1-19-9-16-17-14(19)23-7-6-15-13(20)11-8-10-4-2-3-5-12(10)24(21,22)18-11/h2-5,9,11,18H,6-8H2,1H3,(H,15,20)/t11-/m1/s1. The molecule has 1 atom stereocenters. The quantitative estimate of drug-likeness (QED) is 0.566. The lowest BCUT2D eigenvalue weighted by atomic mass is 10.1. The molecule has 10 heteroatoms. The topological polar surface area (TPSA) is 106 Å². The second-order valence-electron chi connectivity index (χ2n) is 5.35. The fourth-order valence-corrected chi connectivity index (χ4v) is 4.62. The van der Waals surface area contributed by atoms with E-state index in [4.69, 9.17) is 0 Å². The van der Waals surface area contributed by atoms with Crippen LogP contribution in [-0.4, -0.2) is 47.4 Å². The van der Waals surface area contributed by atoms with Crippen LogP contribution in [0.1, 0.15) is 5.56 Å². The molecule has 2 heterocycles. The summed E-state index contributed by atoms with van der Waals surface area (Å²) >= 11 is 1.47. The number of hydrogen-bond donors (Lipinski definition) is 2. The highest BCUT2D eigenvalue weighted by molar-refractivity contribution is 7.99. The number of aryl methyl sites for hydroxylation is 1. The van der Waals surface area contributed by atoms with E-state index < -0.39 is 16.1 Å². The molecule has 0 bridgehead atoms. The smallest absolute Gasteiger partial charge is 0.241 e. The first-order chi connectivity index (χ1) is 11.5. The summed E-state index contributed by atoms with van der Waals surface area (Å²) in [7, 11) is -1.80. The van der Waals surface area contributed by atoms with Crippen molar-refractivity contribution in [1.82, 2.24) is 24.8 Å². The molecule has 0 radical (unpaired) electrons. The first-order valence-electron chi connectivity index (χ1n) is 7.32. The van der Waals surface area contributed by atoms with Gasteiger partial charge in [-0.1, -0.05) is 30.0 Å². The molecule has 2 aromatic rings. The Bertz CT molecular complexity index is 850. The first kappa shape index (κ1) is 16.9. The average Bonchev–Trinajstić information content (AvgIpc) is 2.96. The Morgan fingerprint density at radius 2 is 2.25 bits per heavy atom. The van der Waals surface area contributed by atoms with Gasteiger partial charge in [-0.25, -0.2) is 8.42 Å². The van der Waals surface area contributed by atoms with Crippen LogP contribution >= 0.6 is 11.8 Å². The van der Waals surface area contributed by atoms with Gasteiger partial charge in [0.2, 0.25) is 15.9 Å². The van der Waals surface area contributed by atoms with Crippen molar-refractivity contribution in [3.8, 4) is 0 Å². The number of carbonyl (C=O) groups is 1. The van der Waals surface area contributed by atoms with Crippen LogP contribution in [0.3, 0.4) is 0 Å². The summed E-state index contributed by atoms with van der Waals surface area (Å²) in [6.07, 6.45) is 1.95. The van der Waals surface area contributed by atoms with E-state index in [0.717, 1.165) is 5.16 Å². The minimum atomic E-state index is -3.65. The van der Waals surface area contributed by atoms with Crippen LogP contribution in [0, 0.1) is 0 Å². The minimum absolute atomic E-state index is 0.242. The van der Waals surface area contributed by atoms with Gasteiger partial charge in [0, 0.05) is 19.3 Å². The van der Waals surface area contributed by atoms with E-state index >= 15 is 0 Å². The molecule has 0 saturated heterocycles. The van der Waals surface area contributed by atoms with Crippen LogP contribution in [0.4, 0.5) is 0 Å². The lowest BCUT2D eigenvalue weighted by Gasteiger charge is -2.25. The normalized spacial score (nSPS) is 18.8. The molecule has 1 aromatic heterocycles. The van der Waals surface area contributed by atoms with Gasteiger partial charge in [0.25, 0.3) is 0 Å². The number of rotatable bonds is 5. The Morgan fingerprint density at radius 1 is 1.46 bits per heavy atom. The molecule has 0 unspecified atom stereocenters. The number of carbonyl (C=O) groups excluding carboxylic acids is 1. The van der Waals surface area contributed by atoms with E-state index in [0.29, 0.717) is 24.3 Å². The van der Waals surface area contributed by atoms with Crippen LogP contribution < -0.4 is 10.0 Å². The molecule has 1 amide bonds. The molecule has 128 valence electrons. The summed E-state index contributed by atoms with van der Waals surface area (Å²) in [6.45, 7) is 0.413. The summed E-state index contributed by atoms with van der Waals surface area (Å²) in [5.41, 5.74) is 0.657. The average molecular weight is 367 g/mol. The van der Waals surface area contributed by atoms with Crippen LogP contribution in [-0.2, 0) is 28.3 Å². The van der Waals surface area contributed by atoms with Crippen molar-refractivity contribution in [2.24, 2.45) is 7.05 Å². The highest BCUT2D eigenvalue weighted by Gasteiger charge is 2.32. The Labute approximate surface area is 144 Å². The number of benzene rings is 1. The molecule has 0 aliphatic carbocycles. The number of amides is 1. The van der Waals surface area contributed by atoms with Gasteiger partial charge in [-0.15, -0.1) is 10.2 Å².